The number of benzene rings is 3. The SMILES string of the molecule is CCCc1ccc(NC(=O)Cc2ccc(NS(=O)(=O)c3ccc(Cl)c(Cl)c3)cc2)cc1. The Balaban J connectivity index is 1.60. The summed E-state index contributed by atoms with van der Waals surface area (Å²) in [5.41, 5.74) is 3.12. The number of hydrogen-bond acceptors (Lipinski definition) is 3. The maximum atomic E-state index is 12.5. The molecule has 0 unspecified atom stereocenters. The summed E-state index contributed by atoms with van der Waals surface area (Å²) in [6.45, 7) is 2.12. The first-order valence-corrected chi connectivity index (χ1v) is 12.0. The predicted octanol–water partition coefficient (Wildman–Crippen LogP) is 5.93. The highest BCUT2D eigenvalue weighted by Crippen LogP contribution is 2.26. The molecule has 0 radical (unpaired) electrons. The molecule has 3 rings (SSSR count). The molecule has 0 atom stereocenters. The molecule has 31 heavy (non-hydrogen) atoms. The van der Waals surface area contributed by atoms with Crippen molar-refractivity contribution < 1.29 is 13.2 Å². The maximum Gasteiger partial charge on any atom is 0.261 e. The van der Waals surface area contributed by atoms with Crippen LogP contribution >= 0.6 is 23.2 Å². The quantitative estimate of drug-likeness (QED) is 0.423. The lowest BCUT2D eigenvalue weighted by atomic mass is 10.1. The normalized spacial score (nSPS) is 11.2. The molecule has 0 saturated carbocycles. The van der Waals surface area contributed by atoms with Gasteiger partial charge >= 0.3 is 0 Å². The molecular formula is C23H22Cl2N2O3S. The van der Waals surface area contributed by atoms with Gasteiger partial charge in [-0.2, -0.15) is 0 Å². The van der Waals surface area contributed by atoms with Crippen LogP contribution in [-0.2, 0) is 27.7 Å². The highest BCUT2D eigenvalue weighted by Gasteiger charge is 2.16. The Morgan fingerprint density at radius 1 is 0.839 bits per heavy atom. The van der Waals surface area contributed by atoms with E-state index in [1.54, 1.807) is 24.3 Å². The fraction of sp³-hybridized carbons (Fsp3) is 0.174. The fourth-order valence-electron chi connectivity index (χ4n) is 2.98. The van der Waals surface area contributed by atoms with Crippen molar-refractivity contribution in [2.75, 3.05) is 10.0 Å². The van der Waals surface area contributed by atoms with Crippen LogP contribution in [-0.4, -0.2) is 14.3 Å². The number of carbonyl (C=O) groups excluding carboxylic acids is 1. The molecule has 0 aliphatic heterocycles. The lowest BCUT2D eigenvalue weighted by molar-refractivity contribution is -0.115. The molecule has 1 amide bonds. The van der Waals surface area contributed by atoms with Gasteiger partial charge in [-0.3, -0.25) is 9.52 Å². The van der Waals surface area contributed by atoms with Gasteiger partial charge in [-0.25, -0.2) is 8.42 Å². The summed E-state index contributed by atoms with van der Waals surface area (Å²) in [4.78, 5) is 12.3. The first-order valence-electron chi connectivity index (χ1n) is 9.72. The van der Waals surface area contributed by atoms with Crippen LogP contribution in [0.4, 0.5) is 11.4 Å². The zero-order valence-electron chi connectivity index (χ0n) is 16.9. The summed E-state index contributed by atoms with van der Waals surface area (Å²) in [5, 5.41) is 3.31. The second-order valence-corrected chi connectivity index (χ2v) is 9.55. The van der Waals surface area contributed by atoms with Crippen molar-refractivity contribution in [3.05, 3.63) is 87.9 Å². The molecular weight excluding hydrogens is 455 g/mol. The van der Waals surface area contributed by atoms with Crippen molar-refractivity contribution in [3.63, 3.8) is 0 Å². The van der Waals surface area contributed by atoms with Crippen LogP contribution in [0.2, 0.25) is 10.0 Å². The van der Waals surface area contributed by atoms with E-state index in [-0.39, 0.29) is 27.3 Å². The third kappa shape index (κ3) is 6.47. The summed E-state index contributed by atoms with van der Waals surface area (Å²) in [6, 6.07) is 18.5. The van der Waals surface area contributed by atoms with Gasteiger partial charge in [-0.15, -0.1) is 0 Å². The second-order valence-electron chi connectivity index (χ2n) is 7.05. The third-order valence-electron chi connectivity index (χ3n) is 4.55. The molecule has 0 heterocycles. The van der Waals surface area contributed by atoms with E-state index >= 15 is 0 Å². The topological polar surface area (TPSA) is 75.3 Å². The second kappa shape index (κ2) is 10.2. The average Bonchev–Trinajstić information content (AvgIpc) is 2.73. The monoisotopic (exact) mass is 476 g/mol. The van der Waals surface area contributed by atoms with Gasteiger partial charge in [0.15, 0.2) is 0 Å². The first kappa shape index (κ1) is 23.1. The molecule has 0 aromatic heterocycles. The zero-order valence-corrected chi connectivity index (χ0v) is 19.2. The van der Waals surface area contributed by atoms with Gasteiger partial charge in [0.05, 0.1) is 21.4 Å². The number of halogens is 2. The van der Waals surface area contributed by atoms with Gasteiger partial charge in [0.2, 0.25) is 5.91 Å². The molecule has 2 N–H and O–H groups in total. The third-order valence-corrected chi connectivity index (χ3v) is 6.67. The van der Waals surface area contributed by atoms with E-state index in [2.05, 4.69) is 17.0 Å². The first-order chi connectivity index (χ1) is 14.8. The van der Waals surface area contributed by atoms with Crippen LogP contribution in [0.25, 0.3) is 0 Å². The van der Waals surface area contributed by atoms with Crippen LogP contribution < -0.4 is 10.0 Å². The minimum atomic E-state index is -3.81. The van der Waals surface area contributed by atoms with E-state index in [4.69, 9.17) is 23.2 Å². The molecule has 3 aromatic rings. The van der Waals surface area contributed by atoms with Crippen molar-refractivity contribution in [3.8, 4) is 0 Å². The molecule has 8 heteroatoms. The van der Waals surface area contributed by atoms with Gasteiger partial charge < -0.3 is 5.32 Å². The van der Waals surface area contributed by atoms with Gasteiger partial charge in [-0.1, -0.05) is 60.8 Å². The van der Waals surface area contributed by atoms with Crippen LogP contribution in [0.1, 0.15) is 24.5 Å². The molecule has 5 nitrogen and oxygen atoms in total. The number of hydrogen-bond donors (Lipinski definition) is 2. The average molecular weight is 477 g/mol. The number of nitrogens with one attached hydrogen (secondary N) is 2. The molecule has 0 aliphatic carbocycles. The Labute approximate surface area is 192 Å². The van der Waals surface area contributed by atoms with Crippen molar-refractivity contribution in [1.82, 2.24) is 0 Å². The number of carbonyl (C=O) groups is 1. The highest BCUT2D eigenvalue weighted by molar-refractivity contribution is 7.92. The minimum absolute atomic E-state index is 0.00955. The Bertz CT molecular complexity index is 1160. The van der Waals surface area contributed by atoms with Crippen molar-refractivity contribution >= 4 is 50.5 Å². The Kier molecular flexibility index (Phi) is 7.59. The summed E-state index contributed by atoms with van der Waals surface area (Å²) in [7, 11) is -3.81. The summed E-state index contributed by atoms with van der Waals surface area (Å²) < 4.78 is 27.5. The lowest BCUT2D eigenvalue weighted by Gasteiger charge is -2.10. The summed E-state index contributed by atoms with van der Waals surface area (Å²) >= 11 is 11.8. The summed E-state index contributed by atoms with van der Waals surface area (Å²) in [5.74, 6) is -0.146. The van der Waals surface area contributed by atoms with E-state index in [0.29, 0.717) is 5.69 Å². The number of anilines is 2. The van der Waals surface area contributed by atoms with Crippen molar-refractivity contribution in [1.29, 1.82) is 0 Å². The molecule has 0 spiro atoms. The van der Waals surface area contributed by atoms with E-state index in [1.165, 1.54) is 23.8 Å². The molecule has 0 fully saturated rings. The van der Waals surface area contributed by atoms with Gasteiger partial charge in [-0.05, 0) is 60.0 Å². The van der Waals surface area contributed by atoms with E-state index in [1.807, 2.05) is 24.3 Å². The predicted molar refractivity (Wildman–Crippen MR) is 126 cm³/mol. The molecule has 0 bridgehead atoms. The van der Waals surface area contributed by atoms with E-state index < -0.39 is 10.0 Å². The fourth-order valence-corrected chi connectivity index (χ4v) is 4.43. The van der Waals surface area contributed by atoms with E-state index in [0.717, 1.165) is 24.1 Å². The molecule has 0 saturated heterocycles. The maximum absolute atomic E-state index is 12.5. The van der Waals surface area contributed by atoms with Gasteiger partial charge in [0.25, 0.3) is 10.0 Å². The Morgan fingerprint density at radius 3 is 2.06 bits per heavy atom. The molecule has 0 aliphatic rings. The zero-order chi connectivity index (χ0) is 22.4. The van der Waals surface area contributed by atoms with Crippen molar-refractivity contribution in [2.24, 2.45) is 0 Å². The van der Waals surface area contributed by atoms with Gasteiger partial charge in [0.1, 0.15) is 0 Å². The largest absolute Gasteiger partial charge is 0.326 e. The van der Waals surface area contributed by atoms with Crippen LogP contribution in [0.5, 0.6) is 0 Å². The lowest BCUT2D eigenvalue weighted by Crippen LogP contribution is -2.15. The number of sulfonamides is 1. The highest BCUT2D eigenvalue weighted by atomic mass is 35.5. The van der Waals surface area contributed by atoms with Crippen LogP contribution in [0, 0.1) is 0 Å². The molecule has 3 aromatic carbocycles. The van der Waals surface area contributed by atoms with Crippen molar-refractivity contribution in [2.45, 2.75) is 31.1 Å². The Hall–Kier alpha value is -2.54. The smallest absolute Gasteiger partial charge is 0.261 e. The number of rotatable bonds is 8. The van der Waals surface area contributed by atoms with Crippen LogP contribution in [0.15, 0.2) is 71.6 Å². The molecule has 162 valence electrons. The number of aryl methyl sites for hydroxylation is 1. The van der Waals surface area contributed by atoms with Gasteiger partial charge in [0, 0.05) is 11.4 Å². The Morgan fingerprint density at radius 2 is 1.45 bits per heavy atom. The van der Waals surface area contributed by atoms with E-state index in [9.17, 15) is 13.2 Å². The number of amides is 1. The summed E-state index contributed by atoms with van der Waals surface area (Å²) in [6.07, 6.45) is 2.26. The standard InChI is InChI=1S/C23H22Cl2N2O3S/c1-2-3-16-4-8-18(9-5-16)26-23(28)14-17-6-10-19(11-7-17)27-31(29,30)20-12-13-21(24)22(25)15-20/h4-13,15,27H,2-3,14H2,1H3,(H,26,28). The van der Waals surface area contributed by atoms with Crippen LogP contribution in [0.3, 0.4) is 0 Å². The minimum Gasteiger partial charge on any atom is -0.326 e.